The van der Waals surface area contributed by atoms with Gasteiger partial charge in [0.2, 0.25) is 0 Å². The lowest BCUT2D eigenvalue weighted by atomic mass is 9.81. The number of aromatic nitrogens is 3. The van der Waals surface area contributed by atoms with E-state index in [2.05, 4.69) is 16.2 Å². The van der Waals surface area contributed by atoms with Gasteiger partial charge in [0.15, 0.2) is 5.65 Å². The van der Waals surface area contributed by atoms with Crippen molar-refractivity contribution in [2.75, 3.05) is 12.0 Å². The van der Waals surface area contributed by atoms with E-state index in [-0.39, 0.29) is 0 Å². The van der Waals surface area contributed by atoms with E-state index in [4.69, 9.17) is 5.73 Å². The minimum Gasteiger partial charge on any atom is -0.382 e. The summed E-state index contributed by atoms with van der Waals surface area (Å²) in [6.07, 6.45) is 6.83. The van der Waals surface area contributed by atoms with E-state index in [0.717, 1.165) is 23.7 Å². The highest BCUT2D eigenvalue weighted by molar-refractivity contribution is 7.98. The molecule has 0 aromatic carbocycles. The first kappa shape index (κ1) is 13.3. The van der Waals surface area contributed by atoms with Crippen molar-refractivity contribution in [3.8, 4) is 6.07 Å². The smallest absolute Gasteiger partial charge is 0.162 e. The number of nitrogens with zero attached hydrogens (tertiary/aromatic N) is 4. The Hall–Kier alpha value is -1.74. The first-order chi connectivity index (χ1) is 9.65. The lowest BCUT2D eigenvalue weighted by Gasteiger charge is -2.24. The Balaban J connectivity index is 2.19. The molecule has 0 unspecified atom stereocenters. The molecule has 0 aliphatic heterocycles. The Morgan fingerprint density at radius 2 is 2.25 bits per heavy atom. The highest BCUT2D eigenvalue weighted by Gasteiger charge is 2.24. The molecule has 1 saturated carbocycles. The van der Waals surface area contributed by atoms with Crippen LogP contribution in [0.25, 0.3) is 5.65 Å². The molecule has 0 atom stereocenters. The molecule has 0 radical (unpaired) electrons. The average Bonchev–Trinajstić information content (AvgIpc) is 2.70. The second-order valence-corrected chi connectivity index (χ2v) is 6.09. The standard InChI is InChI=1S/C14H17N5S/c1-8-10(6-9-4-3-5-9)13-17-14(20-2)11(7-15)12(16)19(13)18-8/h9H,3-6,16H2,1-2H3. The lowest BCUT2D eigenvalue weighted by molar-refractivity contribution is 0.314. The Morgan fingerprint density at radius 1 is 1.50 bits per heavy atom. The fourth-order valence-electron chi connectivity index (χ4n) is 2.68. The van der Waals surface area contributed by atoms with Gasteiger partial charge in [-0.05, 0) is 25.5 Å². The topological polar surface area (TPSA) is 80.0 Å². The molecule has 0 bridgehead atoms. The summed E-state index contributed by atoms with van der Waals surface area (Å²) in [6.45, 7) is 1.99. The molecule has 1 aliphatic carbocycles. The summed E-state index contributed by atoms with van der Waals surface area (Å²) in [7, 11) is 0. The van der Waals surface area contributed by atoms with Gasteiger partial charge in [-0.3, -0.25) is 0 Å². The normalized spacial score (nSPS) is 15.2. The van der Waals surface area contributed by atoms with E-state index in [1.54, 1.807) is 4.52 Å². The predicted octanol–water partition coefficient (Wildman–Crippen LogP) is 2.56. The zero-order valence-electron chi connectivity index (χ0n) is 11.7. The van der Waals surface area contributed by atoms with Crippen LogP contribution in [0.4, 0.5) is 5.82 Å². The maximum Gasteiger partial charge on any atom is 0.162 e. The highest BCUT2D eigenvalue weighted by Crippen LogP contribution is 2.33. The molecule has 0 spiro atoms. The summed E-state index contributed by atoms with van der Waals surface area (Å²) in [6, 6.07) is 2.13. The molecule has 6 heteroatoms. The van der Waals surface area contributed by atoms with Gasteiger partial charge >= 0.3 is 0 Å². The van der Waals surface area contributed by atoms with Crippen molar-refractivity contribution in [3.05, 3.63) is 16.8 Å². The van der Waals surface area contributed by atoms with Crippen molar-refractivity contribution in [3.63, 3.8) is 0 Å². The van der Waals surface area contributed by atoms with Gasteiger partial charge in [-0.1, -0.05) is 19.3 Å². The first-order valence-corrected chi connectivity index (χ1v) is 8.00. The largest absolute Gasteiger partial charge is 0.382 e. The van der Waals surface area contributed by atoms with E-state index in [1.165, 1.54) is 36.6 Å². The zero-order valence-corrected chi connectivity index (χ0v) is 12.5. The molecule has 104 valence electrons. The number of anilines is 1. The van der Waals surface area contributed by atoms with Gasteiger partial charge in [-0.25, -0.2) is 4.98 Å². The molecule has 1 aliphatic rings. The van der Waals surface area contributed by atoms with Crippen LogP contribution in [-0.2, 0) is 6.42 Å². The van der Waals surface area contributed by atoms with Crippen LogP contribution in [0.15, 0.2) is 5.03 Å². The van der Waals surface area contributed by atoms with Gasteiger partial charge in [0.05, 0.1) is 5.69 Å². The molecule has 1 fully saturated rings. The number of hydrogen-bond donors (Lipinski definition) is 1. The van der Waals surface area contributed by atoms with Crippen LogP contribution >= 0.6 is 11.8 Å². The predicted molar refractivity (Wildman–Crippen MR) is 79.7 cm³/mol. The molecule has 2 N–H and O–H groups in total. The number of aryl methyl sites for hydroxylation is 1. The Kier molecular flexibility index (Phi) is 3.30. The lowest BCUT2D eigenvalue weighted by Crippen LogP contribution is -2.14. The third-order valence-electron chi connectivity index (χ3n) is 4.09. The summed E-state index contributed by atoms with van der Waals surface area (Å²) >= 11 is 1.45. The van der Waals surface area contributed by atoms with Crippen LogP contribution in [-0.4, -0.2) is 20.9 Å². The first-order valence-electron chi connectivity index (χ1n) is 6.77. The monoisotopic (exact) mass is 287 g/mol. The number of rotatable bonds is 3. The average molecular weight is 287 g/mol. The van der Waals surface area contributed by atoms with Gasteiger partial charge in [0.1, 0.15) is 22.5 Å². The molecule has 5 nitrogen and oxygen atoms in total. The van der Waals surface area contributed by atoms with E-state index >= 15 is 0 Å². The second-order valence-electron chi connectivity index (χ2n) is 5.29. The van der Waals surface area contributed by atoms with E-state index < -0.39 is 0 Å². The molecule has 2 aromatic heterocycles. The highest BCUT2D eigenvalue weighted by atomic mass is 32.2. The van der Waals surface area contributed by atoms with Crippen LogP contribution in [0.2, 0.25) is 0 Å². The molecule has 3 rings (SSSR count). The number of hydrogen-bond acceptors (Lipinski definition) is 5. The van der Waals surface area contributed by atoms with Gasteiger partial charge in [0, 0.05) is 5.56 Å². The fourth-order valence-corrected chi connectivity index (χ4v) is 3.21. The number of nitrogens with two attached hydrogens (primary N) is 1. The zero-order chi connectivity index (χ0) is 14.3. The summed E-state index contributed by atoms with van der Waals surface area (Å²) in [4.78, 5) is 4.62. The Labute approximate surface area is 122 Å². The van der Waals surface area contributed by atoms with Crippen LogP contribution in [0, 0.1) is 24.2 Å². The minimum absolute atomic E-state index is 0.393. The van der Waals surface area contributed by atoms with Crippen LogP contribution in [0.3, 0.4) is 0 Å². The number of nitrogen functional groups attached to an aromatic ring is 1. The number of fused-ring (bicyclic) bond motifs is 1. The molecule has 0 amide bonds. The quantitative estimate of drug-likeness (QED) is 0.693. The van der Waals surface area contributed by atoms with Crippen LogP contribution < -0.4 is 5.73 Å². The molecule has 20 heavy (non-hydrogen) atoms. The third kappa shape index (κ3) is 1.93. The van der Waals surface area contributed by atoms with Gasteiger partial charge < -0.3 is 5.73 Å². The van der Waals surface area contributed by atoms with Crippen molar-refractivity contribution in [2.24, 2.45) is 5.92 Å². The molecule has 0 saturated heterocycles. The maximum atomic E-state index is 9.23. The van der Waals surface area contributed by atoms with Crippen LogP contribution in [0.5, 0.6) is 0 Å². The van der Waals surface area contributed by atoms with Crippen LogP contribution in [0.1, 0.15) is 36.1 Å². The van der Waals surface area contributed by atoms with Crippen molar-refractivity contribution in [1.82, 2.24) is 14.6 Å². The Morgan fingerprint density at radius 3 is 2.80 bits per heavy atom. The van der Waals surface area contributed by atoms with Crippen molar-refractivity contribution >= 4 is 23.2 Å². The number of thioether (sulfide) groups is 1. The molecular weight excluding hydrogens is 270 g/mol. The van der Waals surface area contributed by atoms with Gasteiger partial charge in [-0.15, -0.1) is 11.8 Å². The summed E-state index contributed by atoms with van der Waals surface area (Å²) in [5.74, 6) is 1.14. The van der Waals surface area contributed by atoms with Crippen molar-refractivity contribution in [1.29, 1.82) is 5.26 Å². The van der Waals surface area contributed by atoms with E-state index in [0.29, 0.717) is 16.4 Å². The maximum absolute atomic E-state index is 9.23. The molecule has 2 aromatic rings. The summed E-state index contributed by atoms with van der Waals surface area (Å²) < 4.78 is 1.63. The van der Waals surface area contributed by atoms with E-state index in [1.807, 2.05) is 13.2 Å². The summed E-state index contributed by atoms with van der Waals surface area (Å²) in [5.41, 5.74) is 9.48. The molecular formula is C14H17N5S. The van der Waals surface area contributed by atoms with Gasteiger partial charge in [0.25, 0.3) is 0 Å². The van der Waals surface area contributed by atoms with Crippen molar-refractivity contribution < 1.29 is 0 Å². The SMILES string of the molecule is CSc1nc2c(CC3CCC3)c(C)nn2c(N)c1C#N. The van der Waals surface area contributed by atoms with Crippen molar-refractivity contribution in [2.45, 2.75) is 37.6 Å². The summed E-state index contributed by atoms with van der Waals surface area (Å²) in [5, 5.41) is 14.4. The minimum atomic E-state index is 0.393. The third-order valence-corrected chi connectivity index (χ3v) is 4.77. The van der Waals surface area contributed by atoms with E-state index in [9.17, 15) is 5.26 Å². The number of nitriles is 1. The fraction of sp³-hybridized carbons (Fsp3) is 0.500. The Bertz CT molecular complexity index is 709. The second kappa shape index (κ2) is 4.98. The molecule has 2 heterocycles. The van der Waals surface area contributed by atoms with Gasteiger partial charge in [-0.2, -0.15) is 14.9 Å².